The zero-order valence-corrected chi connectivity index (χ0v) is 6.11. The maximum atomic E-state index is 4.94. The molecule has 0 bridgehead atoms. The molecule has 1 aliphatic rings. The van der Waals surface area contributed by atoms with Crippen LogP contribution < -0.4 is 0 Å². The van der Waals surface area contributed by atoms with Crippen LogP contribution in [0, 0.1) is 0 Å². The van der Waals surface area contributed by atoms with Crippen LogP contribution in [-0.4, -0.2) is 13.2 Å². The van der Waals surface area contributed by atoms with Gasteiger partial charge in [0.15, 0.2) is 0 Å². The van der Waals surface area contributed by atoms with E-state index in [1.807, 2.05) is 0 Å². The normalized spacial score (nSPS) is 15.0. The zero-order chi connectivity index (χ0) is 3.54. The van der Waals surface area contributed by atoms with Crippen molar-refractivity contribution >= 4 is 0 Å². The fourth-order valence-electron chi connectivity index (χ4n) is 0.510. The van der Waals surface area contributed by atoms with Gasteiger partial charge in [0.1, 0.15) is 0 Å². The van der Waals surface area contributed by atoms with Gasteiger partial charge in [-0.3, -0.25) is 0 Å². The third-order valence-electron chi connectivity index (χ3n) is 0.827. The molecule has 1 saturated heterocycles. The van der Waals surface area contributed by atoms with Gasteiger partial charge in [0.2, 0.25) is 0 Å². The van der Waals surface area contributed by atoms with E-state index in [1.165, 1.54) is 12.8 Å². The molecule has 0 spiro atoms. The number of hydrogen-bond donors (Lipinski definition) is 0. The van der Waals surface area contributed by atoms with Gasteiger partial charge in [0.25, 0.3) is 0 Å². The van der Waals surface area contributed by atoms with Crippen LogP contribution in [-0.2, 0) is 37.4 Å². The van der Waals surface area contributed by atoms with Crippen LogP contribution in [0.15, 0.2) is 0 Å². The molecule has 1 heterocycles. The second-order valence-electron chi connectivity index (χ2n) is 1.32. The number of ether oxygens (including phenoxy) is 1. The fourth-order valence-corrected chi connectivity index (χ4v) is 0.510. The van der Waals surface area contributed by atoms with Crippen LogP contribution in [0.3, 0.4) is 0 Å². The third kappa shape index (κ3) is 6.59. The molecule has 8 heavy (non-hydrogen) atoms. The Morgan fingerprint density at radius 3 is 1.38 bits per heavy atom. The molecule has 0 aromatic rings. The fraction of sp³-hybridized carbons (Fsp3) is 1.00. The molecule has 1 aliphatic heterocycles. The standard InChI is InChI=1S/C4H8O.2O.Ti/c1-2-4-5-3-1;;;/h1-4H2;;;/q;2*-2;+4. The summed E-state index contributed by atoms with van der Waals surface area (Å²) in [5.41, 5.74) is 0. The van der Waals surface area contributed by atoms with Gasteiger partial charge in [-0.1, -0.05) is 0 Å². The second-order valence-corrected chi connectivity index (χ2v) is 1.32. The molecule has 0 amide bonds. The van der Waals surface area contributed by atoms with Crippen LogP contribution in [0.1, 0.15) is 12.8 Å². The van der Waals surface area contributed by atoms with Gasteiger partial charge in [-0.05, 0) is 12.8 Å². The van der Waals surface area contributed by atoms with Crippen LogP contribution >= 0.6 is 0 Å². The van der Waals surface area contributed by atoms with Crippen molar-refractivity contribution < 1.29 is 37.4 Å². The number of rotatable bonds is 0. The Hall–Kier alpha value is 0.594. The summed E-state index contributed by atoms with van der Waals surface area (Å²) in [7, 11) is 0. The van der Waals surface area contributed by atoms with E-state index in [9.17, 15) is 0 Å². The molecule has 46 valence electrons. The molecule has 0 atom stereocenters. The molecular formula is C4H8O3Ti. The first-order valence-corrected chi connectivity index (χ1v) is 2.08. The van der Waals surface area contributed by atoms with Crippen molar-refractivity contribution in [1.29, 1.82) is 0 Å². The van der Waals surface area contributed by atoms with E-state index in [4.69, 9.17) is 4.74 Å². The van der Waals surface area contributed by atoms with E-state index < -0.39 is 0 Å². The van der Waals surface area contributed by atoms with Crippen molar-refractivity contribution in [3.8, 4) is 0 Å². The summed E-state index contributed by atoms with van der Waals surface area (Å²) < 4.78 is 4.94. The van der Waals surface area contributed by atoms with Gasteiger partial charge in [0.05, 0.1) is 0 Å². The Labute approximate surface area is 63.9 Å². The van der Waals surface area contributed by atoms with Crippen molar-refractivity contribution in [3.05, 3.63) is 0 Å². The molecule has 0 saturated carbocycles. The maximum absolute atomic E-state index is 4.94. The summed E-state index contributed by atoms with van der Waals surface area (Å²) in [4.78, 5) is 0. The molecular weight excluding hydrogens is 144 g/mol. The summed E-state index contributed by atoms with van der Waals surface area (Å²) in [6.07, 6.45) is 2.56. The molecule has 0 unspecified atom stereocenters. The van der Waals surface area contributed by atoms with E-state index in [2.05, 4.69) is 0 Å². The van der Waals surface area contributed by atoms with E-state index >= 15 is 0 Å². The van der Waals surface area contributed by atoms with Crippen molar-refractivity contribution in [2.45, 2.75) is 12.8 Å². The summed E-state index contributed by atoms with van der Waals surface area (Å²) in [5.74, 6) is 0. The van der Waals surface area contributed by atoms with Crippen molar-refractivity contribution in [3.63, 3.8) is 0 Å². The second kappa shape index (κ2) is 10.6. The van der Waals surface area contributed by atoms with Crippen molar-refractivity contribution in [1.82, 2.24) is 0 Å². The monoisotopic (exact) mass is 152 g/mol. The van der Waals surface area contributed by atoms with Gasteiger partial charge < -0.3 is 15.7 Å². The molecule has 0 aliphatic carbocycles. The van der Waals surface area contributed by atoms with Gasteiger partial charge in [-0.25, -0.2) is 0 Å². The van der Waals surface area contributed by atoms with E-state index in [1.54, 1.807) is 0 Å². The minimum absolute atomic E-state index is 0. The Morgan fingerprint density at radius 1 is 0.875 bits per heavy atom. The first-order chi connectivity index (χ1) is 2.50. The topological polar surface area (TPSA) is 66.2 Å². The molecule has 0 aromatic carbocycles. The van der Waals surface area contributed by atoms with Crippen LogP contribution in [0.25, 0.3) is 0 Å². The largest absolute Gasteiger partial charge is 4.00 e. The minimum Gasteiger partial charge on any atom is -2.00 e. The Morgan fingerprint density at radius 2 is 1.25 bits per heavy atom. The Bertz CT molecular complexity index is 22.9. The molecule has 0 aromatic heterocycles. The van der Waals surface area contributed by atoms with Crippen molar-refractivity contribution in [2.24, 2.45) is 0 Å². The smallest absolute Gasteiger partial charge is 2.00 e. The quantitative estimate of drug-likeness (QED) is 0.467. The van der Waals surface area contributed by atoms with Gasteiger partial charge in [-0.2, -0.15) is 0 Å². The van der Waals surface area contributed by atoms with E-state index in [-0.39, 0.29) is 32.7 Å². The van der Waals surface area contributed by atoms with Crippen molar-refractivity contribution in [2.75, 3.05) is 13.2 Å². The average molecular weight is 152 g/mol. The summed E-state index contributed by atoms with van der Waals surface area (Å²) in [5, 5.41) is 0. The molecule has 4 heteroatoms. The molecule has 0 N–H and O–H groups in total. The van der Waals surface area contributed by atoms with Gasteiger partial charge in [-0.15, -0.1) is 0 Å². The predicted octanol–water partition coefficient (Wildman–Crippen LogP) is 0.557. The zero-order valence-electron chi connectivity index (χ0n) is 4.55. The summed E-state index contributed by atoms with van der Waals surface area (Å²) in [6.45, 7) is 2.00. The molecule has 1 fully saturated rings. The molecule has 0 radical (unpaired) electrons. The first-order valence-electron chi connectivity index (χ1n) is 2.08. The number of hydrogen-bond acceptors (Lipinski definition) is 1. The summed E-state index contributed by atoms with van der Waals surface area (Å²) >= 11 is 0. The molecule has 1 rings (SSSR count). The molecule has 3 nitrogen and oxygen atoms in total. The van der Waals surface area contributed by atoms with Crippen LogP contribution in [0.5, 0.6) is 0 Å². The predicted molar refractivity (Wildman–Crippen MR) is 21.4 cm³/mol. The van der Waals surface area contributed by atoms with E-state index in [0.29, 0.717) is 0 Å². The third-order valence-corrected chi connectivity index (χ3v) is 0.827. The van der Waals surface area contributed by atoms with Gasteiger partial charge >= 0.3 is 21.7 Å². The Balaban J connectivity index is -0.0000000833. The van der Waals surface area contributed by atoms with Gasteiger partial charge in [0, 0.05) is 13.2 Å². The average Bonchev–Trinajstić information content (AvgIpc) is 1.76. The SMILES string of the molecule is C1CCOC1.[O-2].[O-2].[Ti+4]. The first kappa shape index (κ1) is 15.8. The summed E-state index contributed by atoms with van der Waals surface area (Å²) in [6, 6.07) is 0. The van der Waals surface area contributed by atoms with Crippen LogP contribution in [0.2, 0.25) is 0 Å². The van der Waals surface area contributed by atoms with Crippen LogP contribution in [0.4, 0.5) is 0 Å². The Kier molecular flexibility index (Phi) is 20.9. The minimum atomic E-state index is 0. The maximum Gasteiger partial charge on any atom is 4.00 e. The van der Waals surface area contributed by atoms with E-state index in [0.717, 1.165) is 13.2 Å².